The minimum absolute atomic E-state index is 0.434. The largest absolute Gasteiger partial charge is 0.495 e. The van der Waals surface area contributed by atoms with Gasteiger partial charge in [0.15, 0.2) is 0 Å². The van der Waals surface area contributed by atoms with Crippen molar-refractivity contribution in [3.63, 3.8) is 0 Å². The Balaban J connectivity index is 1.83. The van der Waals surface area contributed by atoms with Gasteiger partial charge in [-0.25, -0.2) is 0 Å². The first-order chi connectivity index (χ1) is 14.6. The highest BCUT2D eigenvalue weighted by atomic mass is 35.5. The summed E-state index contributed by atoms with van der Waals surface area (Å²) < 4.78 is 6.22. The van der Waals surface area contributed by atoms with Crippen molar-refractivity contribution in [3.05, 3.63) is 80.8 Å². The maximum Gasteiger partial charge on any atom is 0.139 e. The van der Waals surface area contributed by atoms with Crippen LogP contribution in [0.15, 0.2) is 54.7 Å². The smallest absolute Gasteiger partial charge is 0.139 e. The molecule has 0 saturated heterocycles. The number of nitriles is 1. The SMILES string of the molecule is COc1cc(Nc2c(C=Cc3ccccc3)sc3cc(C#N)cnc23)c(Cl)cc1Cl. The van der Waals surface area contributed by atoms with Crippen LogP contribution in [0.3, 0.4) is 0 Å². The number of hydrogen-bond donors (Lipinski definition) is 1. The van der Waals surface area contributed by atoms with Gasteiger partial charge in [-0.2, -0.15) is 5.26 Å². The van der Waals surface area contributed by atoms with Crippen LogP contribution < -0.4 is 10.1 Å². The number of hydrogen-bond acceptors (Lipinski definition) is 5. The van der Waals surface area contributed by atoms with Gasteiger partial charge in [0, 0.05) is 12.3 Å². The predicted octanol–water partition coefficient (Wildman–Crippen LogP) is 7.40. The van der Waals surface area contributed by atoms with Gasteiger partial charge >= 0.3 is 0 Å². The number of nitrogens with zero attached hydrogens (tertiary/aromatic N) is 2. The Labute approximate surface area is 188 Å². The second-order valence-corrected chi connectivity index (χ2v) is 8.26. The summed E-state index contributed by atoms with van der Waals surface area (Å²) in [7, 11) is 1.55. The topological polar surface area (TPSA) is 57.9 Å². The molecule has 0 aliphatic carbocycles. The van der Waals surface area contributed by atoms with E-state index in [1.807, 2.05) is 48.6 Å². The van der Waals surface area contributed by atoms with E-state index in [1.54, 1.807) is 36.8 Å². The van der Waals surface area contributed by atoms with Gasteiger partial charge in [-0.05, 0) is 23.8 Å². The molecule has 4 rings (SSSR count). The number of benzene rings is 2. The molecule has 0 aliphatic heterocycles. The highest BCUT2D eigenvalue weighted by Gasteiger charge is 2.16. The Kier molecular flexibility index (Phi) is 5.91. The molecule has 0 fully saturated rings. The molecule has 0 aliphatic rings. The Morgan fingerprint density at radius 3 is 2.63 bits per heavy atom. The number of methoxy groups -OCH3 is 1. The molecule has 0 atom stereocenters. The zero-order chi connectivity index (χ0) is 21.1. The first-order valence-corrected chi connectivity index (χ1v) is 10.5. The average Bonchev–Trinajstić information content (AvgIpc) is 3.11. The first kappa shape index (κ1) is 20.2. The summed E-state index contributed by atoms with van der Waals surface area (Å²) >= 11 is 14.1. The molecule has 2 heterocycles. The number of aromatic nitrogens is 1. The van der Waals surface area contributed by atoms with Gasteiger partial charge in [-0.15, -0.1) is 11.3 Å². The quantitative estimate of drug-likeness (QED) is 0.343. The Morgan fingerprint density at radius 1 is 1.10 bits per heavy atom. The highest BCUT2D eigenvalue weighted by molar-refractivity contribution is 7.20. The van der Waals surface area contributed by atoms with Crippen LogP contribution in [0.2, 0.25) is 10.0 Å². The lowest BCUT2D eigenvalue weighted by Crippen LogP contribution is -1.95. The zero-order valence-corrected chi connectivity index (χ0v) is 18.1. The molecule has 0 bridgehead atoms. The molecule has 4 nitrogen and oxygen atoms in total. The fourth-order valence-electron chi connectivity index (χ4n) is 2.95. The maximum atomic E-state index is 9.22. The minimum Gasteiger partial charge on any atom is -0.495 e. The first-order valence-electron chi connectivity index (χ1n) is 8.95. The van der Waals surface area contributed by atoms with Gasteiger partial charge in [-0.3, -0.25) is 4.98 Å². The molecule has 7 heteroatoms. The zero-order valence-electron chi connectivity index (χ0n) is 15.8. The van der Waals surface area contributed by atoms with E-state index in [0.717, 1.165) is 26.3 Å². The number of ether oxygens (including phenoxy) is 1. The summed E-state index contributed by atoms with van der Waals surface area (Å²) in [6, 6.07) is 17.4. The highest BCUT2D eigenvalue weighted by Crippen LogP contribution is 2.41. The Morgan fingerprint density at radius 2 is 1.90 bits per heavy atom. The predicted molar refractivity (Wildman–Crippen MR) is 126 cm³/mol. The van der Waals surface area contributed by atoms with Crippen LogP contribution >= 0.6 is 34.5 Å². The van der Waals surface area contributed by atoms with E-state index in [9.17, 15) is 5.26 Å². The van der Waals surface area contributed by atoms with Gasteiger partial charge < -0.3 is 10.1 Å². The van der Waals surface area contributed by atoms with Crippen molar-refractivity contribution in [2.45, 2.75) is 0 Å². The van der Waals surface area contributed by atoms with Crippen LogP contribution in [0.4, 0.5) is 11.4 Å². The van der Waals surface area contributed by atoms with Crippen molar-refractivity contribution < 1.29 is 4.74 Å². The number of halogens is 2. The van der Waals surface area contributed by atoms with Crippen LogP contribution in [0, 0.1) is 11.3 Å². The number of nitrogens with one attached hydrogen (secondary N) is 1. The number of thiophene rings is 1. The third kappa shape index (κ3) is 4.12. The number of pyridine rings is 1. The molecule has 0 saturated carbocycles. The van der Waals surface area contributed by atoms with Crippen LogP contribution in [-0.4, -0.2) is 12.1 Å². The van der Waals surface area contributed by atoms with Crippen molar-refractivity contribution in [2.24, 2.45) is 0 Å². The van der Waals surface area contributed by atoms with Gasteiger partial charge in [0.25, 0.3) is 0 Å². The van der Waals surface area contributed by atoms with Gasteiger partial charge in [0.05, 0.1) is 43.7 Å². The molecule has 1 N–H and O–H groups in total. The van der Waals surface area contributed by atoms with Crippen LogP contribution in [0.1, 0.15) is 16.0 Å². The molecule has 2 aromatic carbocycles. The molecule has 148 valence electrons. The molecule has 0 amide bonds. The lowest BCUT2D eigenvalue weighted by atomic mass is 10.2. The summed E-state index contributed by atoms with van der Waals surface area (Å²) in [6.07, 6.45) is 5.62. The molecule has 0 spiro atoms. The fraction of sp³-hybridized carbons (Fsp3) is 0.0435. The molecular weight excluding hydrogens is 437 g/mol. The number of fused-ring (bicyclic) bond motifs is 1. The molecule has 4 aromatic rings. The molecule has 0 radical (unpaired) electrons. The second-order valence-electron chi connectivity index (χ2n) is 6.36. The van der Waals surface area contributed by atoms with E-state index < -0.39 is 0 Å². The van der Waals surface area contributed by atoms with E-state index in [4.69, 9.17) is 27.9 Å². The standard InChI is InChI=1S/C23H15Cl2N3OS/c1-29-19-11-18(16(24)10-17(19)25)28-23-20(8-7-14-5-3-2-4-6-14)30-21-9-15(12-26)13-27-22(21)23/h2-11,13,28H,1H3. The fourth-order valence-corrected chi connectivity index (χ4v) is 4.52. The van der Waals surface area contributed by atoms with Crippen LogP contribution in [0.5, 0.6) is 5.75 Å². The van der Waals surface area contributed by atoms with E-state index in [0.29, 0.717) is 27.0 Å². The van der Waals surface area contributed by atoms with Crippen LogP contribution in [-0.2, 0) is 0 Å². The number of anilines is 2. The Hall–Kier alpha value is -3.04. The van der Waals surface area contributed by atoms with Crippen LogP contribution in [0.25, 0.3) is 22.4 Å². The van der Waals surface area contributed by atoms with Gasteiger partial charge in [-0.1, -0.05) is 59.6 Å². The summed E-state index contributed by atoms with van der Waals surface area (Å²) in [6.45, 7) is 0. The lowest BCUT2D eigenvalue weighted by Gasteiger charge is -2.12. The third-order valence-corrected chi connectivity index (χ3v) is 6.11. The van der Waals surface area contributed by atoms with Gasteiger partial charge in [0.1, 0.15) is 17.3 Å². The van der Waals surface area contributed by atoms with Crippen molar-refractivity contribution in [3.8, 4) is 11.8 Å². The van der Waals surface area contributed by atoms with E-state index in [1.165, 1.54) is 0 Å². The van der Waals surface area contributed by atoms with E-state index in [2.05, 4.69) is 16.4 Å². The summed E-state index contributed by atoms with van der Waals surface area (Å²) in [5.41, 5.74) is 3.81. The second kappa shape index (κ2) is 8.76. The normalized spacial score (nSPS) is 11.0. The van der Waals surface area contributed by atoms with Crippen molar-refractivity contribution in [1.29, 1.82) is 5.26 Å². The summed E-state index contributed by atoms with van der Waals surface area (Å²) in [5, 5.41) is 13.5. The molecular formula is C23H15Cl2N3OS. The summed E-state index contributed by atoms with van der Waals surface area (Å²) in [4.78, 5) is 5.46. The molecule has 30 heavy (non-hydrogen) atoms. The third-order valence-electron chi connectivity index (χ3n) is 4.41. The molecule has 0 unspecified atom stereocenters. The average molecular weight is 452 g/mol. The number of rotatable bonds is 5. The minimum atomic E-state index is 0.434. The monoisotopic (exact) mass is 451 g/mol. The van der Waals surface area contributed by atoms with E-state index >= 15 is 0 Å². The molecule has 2 aromatic heterocycles. The van der Waals surface area contributed by atoms with E-state index in [-0.39, 0.29) is 0 Å². The summed E-state index contributed by atoms with van der Waals surface area (Å²) in [5.74, 6) is 0.518. The van der Waals surface area contributed by atoms with Gasteiger partial charge in [0.2, 0.25) is 0 Å². The van der Waals surface area contributed by atoms with Crippen molar-refractivity contribution in [1.82, 2.24) is 4.98 Å². The van der Waals surface area contributed by atoms with Crippen molar-refractivity contribution >= 4 is 68.3 Å². The maximum absolute atomic E-state index is 9.22. The lowest BCUT2D eigenvalue weighted by molar-refractivity contribution is 0.415. The Bertz CT molecular complexity index is 1290. The van der Waals surface area contributed by atoms with Crippen molar-refractivity contribution in [2.75, 3.05) is 12.4 Å².